The Bertz CT molecular complexity index is 609. The van der Waals surface area contributed by atoms with Crippen molar-refractivity contribution in [2.24, 2.45) is 5.92 Å². The van der Waals surface area contributed by atoms with Crippen molar-refractivity contribution in [3.63, 3.8) is 0 Å². The van der Waals surface area contributed by atoms with Crippen molar-refractivity contribution < 1.29 is 4.92 Å². The summed E-state index contributed by atoms with van der Waals surface area (Å²) in [6, 6.07) is 13.7. The first kappa shape index (κ1) is 12.3. The van der Waals surface area contributed by atoms with Crippen molar-refractivity contribution in [2.75, 3.05) is 0 Å². The summed E-state index contributed by atoms with van der Waals surface area (Å²) in [6.45, 7) is 3.67. The molecule has 0 spiro atoms. The molecule has 0 amide bonds. The van der Waals surface area contributed by atoms with Crippen LogP contribution < -0.4 is 0 Å². The van der Waals surface area contributed by atoms with Gasteiger partial charge in [0.1, 0.15) is 0 Å². The van der Waals surface area contributed by atoms with Crippen molar-refractivity contribution in [1.29, 1.82) is 0 Å². The molecular formula is C15H15NO2. The second kappa shape index (κ2) is 5.00. The van der Waals surface area contributed by atoms with Crippen LogP contribution in [0.15, 0.2) is 48.2 Å². The minimum atomic E-state index is -0.299. The normalized spacial score (nSPS) is 12.1. The smallest absolute Gasteiger partial charge is 0.249 e. The van der Waals surface area contributed by atoms with Gasteiger partial charge < -0.3 is 0 Å². The largest absolute Gasteiger partial charge is 0.259 e. The Labute approximate surface area is 106 Å². The molecule has 2 aromatic rings. The van der Waals surface area contributed by atoms with Gasteiger partial charge in [-0.3, -0.25) is 10.1 Å². The van der Waals surface area contributed by atoms with Gasteiger partial charge in [0.2, 0.25) is 5.70 Å². The van der Waals surface area contributed by atoms with E-state index in [2.05, 4.69) is 0 Å². The molecule has 3 heteroatoms. The molecule has 3 nitrogen and oxygen atoms in total. The molecule has 0 aliphatic carbocycles. The Kier molecular flexibility index (Phi) is 3.42. The fraction of sp³-hybridized carbons (Fsp3) is 0.200. The summed E-state index contributed by atoms with van der Waals surface area (Å²) in [5.41, 5.74) is 1.14. The maximum Gasteiger partial charge on any atom is 0.249 e. The van der Waals surface area contributed by atoms with Gasteiger partial charge in [-0.05, 0) is 16.3 Å². The lowest BCUT2D eigenvalue weighted by Crippen LogP contribution is -2.05. The monoisotopic (exact) mass is 241 g/mol. The fourth-order valence-corrected chi connectivity index (χ4v) is 1.97. The molecule has 0 radical (unpaired) electrons. The maximum atomic E-state index is 11.0. The summed E-state index contributed by atoms with van der Waals surface area (Å²) in [5.74, 6) is -0.0982. The molecule has 0 unspecified atom stereocenters. The van der Waals surface area contributed by atoms with Crippen molar-refractivity contribution in [3.05, 3.63) is 63.8 Å². The molecule has 0 aliphatic heterocycles. The summed E-state index contributed by atoms with van der Waals surface area (Å²) >= 11 is 0. The molecule has 2 aromatic carbocycles. The lowest BCUT2D eigenvalue weighted by Gasteiger charge is -2.04. The van der Waals surface area contributed by atoms with Gasteiger partial charge in [-0.25, -0.2) is 0 Å². The Hall–Kier alpha value is -2.16. The summed E-state index contributed by atoms with van der Waals surface area (Å²) in [5, 5.41) is 13.2. The number of hydrogen-bond acceptors (Lipinski definition) is 2. The summed E-state index contributed by atoms with van der Waals surface area (Å²) < 4.78 is 0. The van der Waals surface area contributed by atoms with Gasteiger partial charge in [0, 0.05) is 12.0 Å². The van der Waals surface area contributed by atoms with Gasteiger partial charge >= 0.3 is 0 Å². The van der Waals surface area contributed by atoms with Gasteiger partial charge in [-0.15, -0.1) is 0 Å². The van der Waals surface area contributed by atoms with E-state index in [9.17, 15) is 10.1 Å². The number of nitro groups is 1. The lowest BCUT2D eigenvalue weighted by molar-refractivity contribution is -0.431. The third-order valence-corrected chi connectivity index (χ3v) is 2.93. The van der Waals surface area contributed by atoms with E-state index < -0.39 is 0 Å². The average Bonchev–Trinajstić information content (AvgIpc) is 2.35. The Balaban J connectivity index is 2.61. The third-order valence-electron chi connectivity index (χ3n) is 2.93. The highest BCUT2D eigenvalue weighted by atomic mass is 16.6. The van der Waals surface area contributed by atoms with E-state index in [0.717, 1.165) is 16.3 Å². The van der Waals surface area contributed by atoms with E-state index in [0.29, 0.717) is 0 Å². The van der Waals surface area contributed by atoms with E-state index in [1.54, 1.807) is 6.08 Å². The molecule has 0 heterocycles. The first-order chi connectivity index (χ1) is 8.59. The molecule has 0 fully saturated rings. The van der Waals surface area contributed by atoms with Crippen LogP contribution in [0.5, 0.6) is 0 Å². The van der Waals surface area contributed by atoms with Crippen LogP contribution in [0.2, 0.25) is 0 Å². The van der Waals surface area contributed by atoms with E-state index in [1.807, 2.05) is 56.3 Å². The number of hydrogen-bond donors (Lipinski definition) is 0. The zero-order valence-electron chi connectivity index (χ0n) is 10.5. The van der Waals surface area contributed by atoms with Gasteiger partial charge in [0.05, 0.1) is 4.92 Å². The molecule has 2 rings (SSSR count). The van der Waals surface area contributed by atoms with Crippen LogP contribution in [0.3, 0.4) is 0 Å². The zero-order valence-corrected chi connectivity index (χ0v) is 10.5. The van der Waals surface area contributed by atoms with Crippen LogP contribution in [0.25, 0.3) is 16.8 Å². The molecule has 0 atom stereocenters. The molecule has 18 heavy (non-hydrogen) atoms. The second-order valence-electron chi connectivity index (χ2n) is 4.55. The molecule has 0 aromatic heterocycles. The van der Waals surface area contributed by atoms with Crippen LogP contribution in [0, 0.1) is 16.0 Å². The van der Waals surface area contributed by atoms with Crippen molar-refractivity contribution in [2.45, 2.75) is 13.8 Å². The first-order valence-corrected chi connectivity index (χ1v) is 5.93. The molecule has 0 N–H and O–H groups in total. The standard InChI is InChI=1S/C15H15NO2/c1-11(2)15(16(17)18)10-13-8-5-7-12-6-3-4-9-14(12)13/h3-11H,1-2H3/b15-10-. The highest BCUT2D eigenvalue weighted by Gasteiger charge is 2.15. The zero-order chi connectivity index (χ0) is 13.1. The number of nitrogens with zero attached hydrogens (tertiary/aromatic N) is 1. The summed E-state index contributed by atoms with van der Waals surface area (Å²) in [7, 11) is 0. The van der Waals surface area contributed by atoms with Crippen molar-refractivity contribution in [1.82, 2.24) is 0 Å². The van der Waals surface area contributed by atoms with Crippen LogP contribution >= 0.6 is 0 Å². The summed E-state index contributed by atoms with van der Waals surface area (Å²) in [6.07, 6.45) is 1.67. The fourth-order valence-electron chi connectivity index (χ4n) is 1.97. The Morgan fingerprint density at radius 1 is 1.17 bits per heavy atom. The van der Waals surface area contributed by atoms with Crippen molar-refractivity contribution in [3.8, 4) is 0 Å². The predicted octanol–water partition coefficient (Wildman–Crippen LogP) is 4.11. The lowest BCUT2D eigenvalue weighted by atomic mass is 10.0. The van der Waals surface area contributed by atoms with Gasteiger partial charge in [0.25, 0.3) is 0 Å². The predicted molar refractivity (Wildman–Crippen MR) is 73.8 cm³/mol. The van der Waals surface area contributed by atoms with E-state index in [1.165, 1.54) is 0 Å². The number of fused-ring (bicyclic) bond motifs is 1. The van der Waals surface area contributed by atoms with Crippen LogP contribution in [0.1, 0.15) is 19.4 Å². The molecule has 92 valence electrons. The molecular weight excluding hydrogens is 226 g/mol. The van der Waals surface area contributed by atoms with Gasteiger partial charge in [-0.2, -0.15) is 0 Å². The Morgan fingerprint density at radius 2 is 1.83 bits per heavy atom. The minimum absolute atomic E-state index is 0.0982. The molecule has 0 aliphatic rings. The molecule has 0 saturated heterocycles. The van der Waals surface area contributed by atoms with Crippen LogP contribution in [-0.2, 0) is 0 Å². The van der Waals surface area contributed by atoms with Gasteiger partial charge in [0.15, 0.2) is 0 Å². The highest BCUT2D eigenvalue weighted by molar-refractivity contribution is 5.90. The maximum absolute atomic E-state index is 11.0. The molecule has 0 bridgehead atoms. The summed E-state index contributed by atoms with van der Waals surface area (Å²) in [4.78, 5) is 10.7. The van der Waals surface area contributed by atoms with Crippen LogP contribution in [-0.4, -0.2) is 4.92 Å². The average molecular weight is 241 g/mol. The second-order valence-corrected chi connectivity index (χ2v) is 4.55. The van der Waals surface area contributed by atoms with E-state index in [4.69, 9.17) is 0 Å². The third kappa shape index (κ3) is 2.40. The van der Waals surface area contributed by atoms with Crippen molar-refractivity contribution >= 4 is 16.8 Å². The SMILES string of the molecule is CC(C)/C(=C/c1cccc2ccccc12)[N+](=O)[O-]. The first-order valence-electron chi connectivity index (χ1n) is 5.93. The highest BCUT2D eigenvalue weighted by Crippen LogP contribution is 2.23. The van der Waals surface area contributed by atoms with Crippen LogP contribution in [0.4, 0.5) is 0 Å². The van der Waals surface area contributed by atoms with E-state index in [-0.39, 0.29) is 16.5 Å². The van der Waals surface area contributed by atoms with Gasteiger partial charge in [-0.1, -0.05) is 56.3 Å². The number of benzene rings is 2. The Morgan fingerprint density at radius 3 is 2.50 bits per heavy atom. The van der Waals surface area contributed by atoms with E-state index >= 15 is 0 Å². The topological polar surface area (TPSA) is 43.1 Å². The quantitative estimate of drug-likeness (QED) is 0.599. The molecule has 0 saturated carbocycles. The number of rotatable bonds is 3. The minimum Gasteiger partial charge on any atom is -0.259 e. The number of allylic oxidation sites excluding steroid dienone is 1.